The van der Waals surface area contributed by atoms with Crippen LogP contribution in [0.5, 0.6) is 11.5 Å². The van der Waals surface area contributed by atoms with Crippen molar-refractivity contribution in [3.8, 4) is 11.5 Å². The molecule has 0 atom stereocenters. The first-order chi connectivity index (χ1) is 13.3. The van der Waals surface area contributed by atoms with Crippen LogP contribution >= 0.6 is 0 Å². The van der Waals surface area contributed by atoms with Gasteiger partial charge in [-0.15, -0.1) is 0 Å². The predicted molar refractivity (Wildman–Crippen MR) is 103 cm³/mol. The van der Waals surface area contributed by atoms with Crippen molar-refractivity contribution < 1.29 is 19.0 Å². The molecule has 6 heteroatoms. The highest BCUT2D eigenvalue weighted by atomic mass is 16.5. The zero-order chi connectivity index (χ0) is 18.7. The molecule has 0 aliphatic carbocycles. The number of ether oxygens (including phenoxy) is 3. The summed E-state index contributed by atoms with van der Waals surface area (Å²) in [5.41, 5.74) is 1.12. The summed E-state index contributed by atoms with van der Waals surface area (Å²) in [6.45, 7) is 5.36. The topological polar surface area (TPSA) is 60.0 Å². The van der Waals surface area contributed by atoms with E-state index in [4.69, 9.17) is 14.2 Å². The largest absolute Gasteiger partial charge is 0.489 e. The number of hydrogen-bond acceptors (Lipinski definition) is 5. The number of nitrogens with zero attached hydrogens (tertiary/aromatic N) is 1. The maximum Gasteiger partial charge on any atom is 0.257 e. The number of benzene rings is 2. The third-order valence-corrected chi connectivity index (χ3v) is 4.30. The smallest absolute Gasteiger partial charge is 0.257 e. The Bertz CT molecular complexity index is 685. The highest BCUT2D eigenvalue weighted by Gasteiger charge is 2.10. The summed E-state index contributed by atoms with van der Waals surface area (Å²) in [5.74, 6) is 1.29. The minimum absolute atomic E-state index is 0.00727. The first-order valence-corrected chi connectivity index (χ1v) is 9.26. The number of amides is 1. The summed E-state index contributed by atoms with van der Waals surface area (Å²) in [4.78, 5) is 14.2. The molecule has 1 heterocycles. The molecule has 144 valence electrons. The van der Waals surface area contributed by atoms with Gasteiger partial charge in [-0.1, -0.05) is 30.3 Å². The van der Waals surface area contributed by atoms with Crippen molar-refractivity contribution in [1.29, 1.82) is 0 Å². The van der Waals surface area contributed by atoms with Gasteiger partial charge in [0.2, 0.25) is 0 Å². The second kappa shape index (κ2) is 10.5. The van der Waals surface area contributed by atoms with Gasteiger partial charge in [0.25, 0.3) is 5.91 Å². The fraction of sp³-hybridized carbons (Fsp3) is 0.381. The zero-order valence-corrected chi connectivity index (χ0v) is 15.4. The molecule has 1 aliphatic heterocycles. The Morgan fingerprint density at radius 3 is 2.33 bits per heavy atom. The number of morpholine rings is 1. The molecule has 1 aliphatic rings. The van der Waals surface area contributed by atoms with Gasteiger partial charge in [-0.2, -0.15) is 0 Å². The molecule has 27 heavy (non-hydrogen) atoms. The number of carbonyl (C=O) groups is 1. The van der Waals surface area contributed by atoms with Crippen LogP contribution in [0.2, 0.25) is 0 Å². The maximum absolute atomic E-state index is 11.9. The van der Waals surface area contributed by atoms with Gasteiger partial charge >= 0.3 is 0 Å². The lowest BCUT2D eigenvalue weighted by atomic mass is 10.2. The molecule has 0 saturated carbocycles. The third-order valence-electron chi connectivity index (χ3n) is 4.30. The van der Waals surface area contributed by atoms with E-state index in [2.05, 4.69) is 10.2 Å². The molecule has 0 bridgehead atoms. The Balaban J connectivity index is 1.32. The zero-order valence-electron chi connectivity index (χ0n) is 15.4. The Labute approximate surface area is 160 Å². The second-order valence-electron chi connectivity index (χ2n) is 6.34. The average molecular weight is 370 g/mol. The molecule has 0 spiro atoms. The van der Waals surface area contributed by atoms with Gasteiger partial charge < -0.3 is 19.5 Å². The second-order valence-corrected chi connectivity index (χ2v) is 6.34. The monoisotopic (exact) mass is 370 g/mol. The molecule has 6 nitrogen and oxygen atoms in total. The fourth-order valence-electron chi connectivity index (χ4n) is 2.75. The predicted octanol–water partition coefficient (Wildman–Crippen LogP) is 2.09. The lowest BCUT2D eigenvalue weighted by molar-refractivity contribution is -0.123. The lowest BCUT2D eigenvalue weighted by Gasteiger charge is -2.26. The molecule has 3 rings (SSSR count). The minimum Gasteiger partial charge on any atom is -0.489 e. The Hall–Kier alpha value is -2.57. The van der Waals surface area contributed by atoms with Gasteiger partial charge in [-0.3, -0.25) is 9.69 Å². The quantitative estimate of drug-likeness (QED) is 0.732. The van der Waals surface area contributed by atoms with E-state index in [1.807, 2.05) is 42.5 Å². The molecule has 1 amide bonds. The van der Waals surface area contributed by atoms with Crippen molar-refractivity contribution >= 4 is 5.91 Å². The van der Waals surface area contributed by atoms with Crippen LogP contribution in [0.3, 0.4) is 0 Å². The van der Waals surface area contributed by atoms with Crippen LogP contribution in [-0.2, 0) is 16.1 Å². The van der Waals surface area contributed by atoms with E-state index < -0.39 is 0 Å². The summed E-state index contributed by atoms with van der Waals surface area (Å²) in [6, 6.07) is 17.3. The van der Waals surface area contributed by atoms with Crippen molar-refractivity contribution in [2.75, 3.05) is 46.0 Å². The van der Waals surface area contributed by atoms with Crippen LogP contribution in [-0.4, -0.2) is 56.8 Å². The molecule has 0 aromatic heterocycles. The normalized spacial score (nSPS) is 14.5. The van der Waals surface area contributed by atoms with Gasteiger partial charge in [0.05, 0.1) is 13.2 Å². The van der Waals surface area contributed by atoms with E-state index in [-0.39, 0.29) is 12.5 Å². The number of rotatable bonds is 9. The van der Waals surface area contributed by atoms with Gasteiger partial charge in [0.15, 0.2) is 6.61 Å². The maximum atomic E-state index is 11.9. The third kappa shape index (κ3) is 6.92. The summed E-state index contributed by atoms with van der Waals surface area (Å²) >= 11 is 0. The molecule has 1 N–H and O–H groups in total. The van der Waals surface area contributed by atoms with E-state index in [1.165, 1.54) is 0 Å². The van der Waals surface area contributed by atoms with Crippen LogP contribution in [0.15, 0.2) is 54.6 Å². The average Bonchev–Trinajstić information content (AvgIpc) is 2.73. The van der Waals surface area contributed by atoms with E-state index in [0.717, 1.165) is 44.2 Å². The lowest BCUT2D eigenvalue weighted by Crippen LogP contribution is -2.42. The molecule has 1 saturated heterocycles. The van der Waals surface area contributed by atoms with Crippen molar-refractivity contribution in [2.45, 2.75) is 6.61 Å². The number of hydrogen-bond donors (Lipinski definition) is 1. The number of carbonyl (C=O) groups excluding carboxylic acids is 1. The molecular weight excluding hydrogens is 344 g/mol. The highest BCUT2D eigenvalue weighted by molar-refractivity contribution is 5.77. The molecular formula is C21H26N2O4. The molecule has 0 radical (unpaired) electrons. The fourth-order valence-corrected chi connectivity index (χ4v) is 2.75. The van der Waals surface area contributed by atoms with E-state index in [9.17, 15) is 4.79 Å². The molecule has 0 unspecified atom stereocenters. The van der Waals surface area contributed by atoms with Crippen molar-refractivity contribution in [3.63, 3.8) is 0 Å². The SMILES string of the molecule is O=C(COc1ccc(OCc2ccccc2)cc1)NCCN1CCOCC1. The van der Waals surface area contributed by atoms with Crippen LogP contribution < -0.4 is 14.8 Å². The van der Waals surface area contributed by atoms with Gasteiger partial charge in [-0.25, -0.2) is 0 Å². The Morgan fingerprint density at radius 2 is 1.63 bits per heavy atom. The van der Waals surface area contributed by atoms with Gasteiger partial charge in [0.1, 0.15) is 18.1 Å². The van der Waals surface area contributed by atoms with Crippen LogP contribution in [0.4, 0.5) is 0 Å². The molecule has 2 aromatic carbocycles. The van der Waals surface area contributed by atoms with Crippen molar-refractivity contribution in [2.24, 2.45) is 0 Å². The van der Waals surface area contributed by atoms with Crippen LogP contribution in [0, 0.1) is 0 Å². The molecule has 1 fully saturated rings. The van der Waals surface area contributed by atoms with Crippen LogP contribution in [0.25, 0.3) is 0 Å². The van der Waals surface area contributed by atoms with E-state index in [0.29, 0.717) is 18.9 Å². The van der Waals surface area contributed by atoms with Gasteiger partial charge in [-0.05, 0) is 29.8 Å². The van der Waals surface area contributed by atoms with Crippen molar-refractivity contribution in [3.05, 3.63) is 60.2 Å². The summed E-state index contributed by atoms with van der Waals surface area (Å²) in [7, 11) is 0. The Kier molecular flexibility index (Phi) is 7.50. The highest BCUT2D eigenvalue weighted by Crippen LogP contribution is 2.18. The Morgan fingerprint density at radius 1 is 0.963 bits per heavy atom. The summed E-state index contributed by atoms with van der Waals surface area (Å²) in [6.07, 6.45) is 0. The van der Waals surface area contributed by atoms with Crippen molar-refractivity contribution in [1.82, 2.24) is 10.2 Å². The van der Waals surface area contributed by atoms with Gasteiger partial charge in [0, 0.05) is 26.2 Å². The molecule has 2 aromatic rings. The van der Waals surface area contributed by atoms with E-state index >= 15 is 0 Å². The van der Waals surface area contributed by atoms with E-state index in [1.54, 1.807) is 12.1 Å². The number of nitrogens with one attached hydrogen (secondary N) is 1. The first kappa shape index (κ1) is 19.2. The first-order valence-electron chi connectivity index (χ1n) is 9.26. The summed E-state index contributed by atoms with van der Waals surface area (Å²) in [5, 5.41) is 2.88. The van der Waals surface area contributed by atoms with Crippen LogP contribution in [0.1, 0.15) is 5.56 Å². The minimum atomic E-state index is -0.118. The summed E-state index contributed by atoms with van der Waals surface area (Å²) < 4.78 is 16.6. The standard InChI is InChI=1S/C21H26N2O4/c24-21(22-10-11-23-12-14-25-15-13-23)17-27-20-8-6-19(7-9-20)26-16-18-4-2-1-3-5-18/h1-9H,10-17H2,(H,22,24).